The molecule has 0 saturated heterocycles. The van der Waals surface area contributed by atoms with Crippen LogP contribution in [0.25, 0.3) is 0 Å². The lowest BCUT2D eigenvalue weighted by molar-refractivity contribution is -0.152. The zero-order valence-corrected chi connectivity index (χ0v) is 13.0. The molecule has 0 aliphatic heterocycles. The number of anilines is 1. The largest absolute Gasteiger partial charge is 0.455 e. The molecule has 0 aromatic heterocycles. The predicted octanol–water partition coefficient (Wildman–Crippen LogP) is 3.20. The smallest absolute Gasteiger partial charge is 0.315 e. The van der Waals surface area contributed by atoms with Crippen LogP contribution < -0.4 is 5.32 Å². The van der Waals surface area contributed by atoms with Gasteiger partial charge in [-0.15, -0.1) is 23.2 Å². The maximum Gasteiger partial charge on any atom is 0.315 e. The lowest BCUT2D eigenvalue weighted by atomic mass is 10.1. The third kappa shape index (κ3) is 3.30. The van der Waals surface area contributed by atoms with Crippen LogP contribution in [0.3, 0.4) is 0 Å². The molecule has 7 heteroatoms. The average Bonchev–Trinajstić information content (AvgIpc) is 2.91. The van der Waals surface area contributed by atoms with Gasteiger partial charge < -0.3 is 10.1 Å². The van der Waals surface area contributed by atoms with E-state index >= 15 is 0 Å². The first-order chi connectivity index (χ1) is 9.65. The summed E-state index contributed by atoms with van der Waals surface area (Å²) in [6.45, 7) is 2.71. The van der Waals surface area contributed by atoms with Crippen LogP contribution in [0.5, 0.6) is 0 Å². The molecule has 1 aliphatic carbocycles. The van der Waals surface area contributed by atoms with E-state index < -0.39 is 34.0 Å². The molecule has 1 amide bonds. The number of amides is 1. The number of ether oxygens (including phenoxy) is 1. The van der Waals surface area contributed by atoms with E-state index in [0.29, 0.717) is 11.3 Å². The van der Waals surface area contributed by atoms with Gasteiger partial charge in [0.15, 0.2) is 6.61 Å². The number of hydrogen-bond acceptors (Lipinski definition) is 3. The van der Waals surface area contributed by atoms with E-state index in [4.69, 9.17) is 27.9 Å². The first-order valence-corrected chi connectivity index (χ1v) is 7.02. The summed E-state index contributed by atoms with van der Waals surface area (Å²) in [5.74, 6) is -1.62. The monoisotopic (exact) mass is 333 g/mol. The van der Waals surface area contributed by atoms with Gasteiger partial charge in [0.2, 0.25) is 0 Å². The van der Waals surface area contributed by atoms with Gasteiger partial charge in [-0.05, 0) is 31.5 Å². The van der Waals surface area contributed by atoms with Crippen LogP contribution in [-0.2, 0) is 14.3 Å². The van der Waals surface area contributed by atoms with E-state index in [2.05, 4.69) is 5.32 Å². The van der Waals surface area contributed by atoms with Gasteiger partial charge in [0.1, 0.15) is 15.6 Å². The van der Waals surface area contributed by atoms with E-state index in [9.17, 15) is 14.0 Å². The molecule has 1 atom stereocenters. The highest BCUT2D eigenvalue weighted by molar-refractivity contribution is 6.53. The fourth-order valence-electron chi connectivity index (χ4n) is 1.78. The van der Waals surface area contributed by atoms with Crippen LogP contribution in [0.15, 0.2) is 18.2 Å². The molecule has 1 fully saturated rings. The van der Waals surface area contributed by atoms with Crippen molar-refractivity contribution in [1.29, 1.82) is 0 Å². The lowest BCUT2D eigenvalue weighted by Gasteiger charge is -2.12. The minimum absolute atomic E-state index is 0.284. The number of halogens is 3. The Labute approximate surface area is 131 Å². The Kier molecular flexibility index (Phi) is 4.17. The molecular weight excluding hydrogens is 320 g/mol. The summed E-state index contributed by atoms with van der Waals surface area (Å²) in [7, 11) is 0. The molecule has 0 spiro atoms. The van der Waals surface area contributed by atoms with Gasteiger partial charge >= 0.3 is 5.97 Å². The second kappa shape index (κ2) is 5.46. The lowest BCUT2D eigenvalue weighted by Crippen LogP contribution is -2.26. The molecule has 1 aromatic rings. The number of nitrogens with one attached hydrogen (secondary N) is 1. The van der Waals surface area contributed by atoms with Crippen LogP contribution in [-0.4, -0.2) is 22.8 Å². The second-order valence-corrected chi connectivity index (χ2v) is 6.79. The van der Waals surface area contributed by atoms with Crippen molar-refractivity contribution in [3.05, 3.63) is 29.6 Å². The highest BCUT2D eigenvalue weighted by atomic mass is 35.5. The van der Waals surface area contributed by atoms with Crippen molar-refractivity contribution in [2.45, 2.75) is 24.6 Å². The van der Waals surface area contributed by atoms with E-state index in [1.165, 1.54) is 12.1 Å². The maximum atomic E-state index is 13.3. The van der Waals surface area contributed by atoms with Crippen molar-refractivity contribution in [3.63, 3.8) is 0 Å². The van der Waals surface area contributed by atoms with E-state index in [1.54, 1.807) is 19.9 Å². The minimum Gasteiger partial charge on any atom is -0.455 e. The van der Waals surface area contributed by atoms with Gasteiger partial charge in [-0.25, -0.2) is 4.39 Å². The SMILES string of the molecule is Cc1ccc(NC(=O)COC(=O)C2(C)CC2(Cl)Cl)cc1F. The number of hydrogen-bond donors (Lipinski definition) is 1. The Morgan fingerprint density at radius 3 is 2.57 bits per heavy atom. The van der Waals surface area contributed by atoms with Crippen LogP contribution >= 0.6 is 23.2 Å². The second-order valence-electron chi connectivity index (χ2n) is 5.30. The number of alkyl halides is 2. The molecule has 1 N–H and O–H groups in total. The van der Waals surface area contributed by atoms with Crippen molar-refractivity contribution in [3.8, 4) is 0 Å². The highest BCUT2D eigenvalue weighted by Gasteiger charge is 2.69. The van der Waals surface area contributed by atoms with E-state index in [0.717, 1.165) is 0 Å². The molecule has 2 rings (SSSR count). The van der Waals surface area contributed by atoms with Gasteiger partial charge in [0, 0.05) is 12.1 Å². The normalized spacial score (nSPS) is 22.5. The van der Waals surface area contributed by atoms with Crippen LogP contribution in [0, 0.1) is 18.2 Å². The molecule has 0 bridgehead atoms. The van der Waals surface area contributed by atoms with Crippen molar-refractivity contribution < 1.29 is 18.7 Å². The third-order valence-corrected chi connectivity index (χ3v) is 4.60. The number of carbonyl (C=O) groups is 2. The number of aryl methyl sites for hydroxylation is 1. The highest BCUT2D eigenvalue weighted by Crippen LogP contribution is 2.64. The summed E-state index contributed by atoms with van der Waals surface area (Å²) < 4.78 is 17.1. The van der Waals surface area contributed by atoms with Gasteiger partial charge in [0.25, 0.3) is 5.91 Å². The molecule has 4 nitrogen and oxygen atoms in total. The third-order valence-electron chi connectivity index (χ3n) is 3.50. The maximum absolute atomic E-state index is 13.3. The average molecular weight is 334 g/mol. The van der Waals surface area contributed by atoms with Gasteiger partial charge in [0.05, 0.1) is 0 Å². The standard InChI is InChI=1S/C14H14Cl2FNO3/c1-8-3-4-9(5-10(8)17)18-11(19)6-21-12(20)13(2)7-14(13,15)16/h3-5H,6-7H2,1-2H3,(H,18,19). The van der Waals surface area contributed by atoms with Crippen molar-refractivity contribution in [2.24, 2.45) is 5.41 Å². The molecule has 0 radical (unpaired) electrons. The van der Waals surface area contributed by atoms with Crippen LogP contribution in [0.2, 0.25) is 0 Å². The number of esters is 1. The Morgan fingerprint density at radius 2 is 2.05 bits per heavy atom. The van der Waals surface area contributed by atoms with Crippen molar-refractivity contribution in [2.75, 3.05) is 11.9 Å². The number of benzene rings is 1. The number of rotatable bonds is 4. The summed E-state index contributed by atoms with van der Waals surface area (Å²) in [5.41, 5.74) is -0.214. The molecule has 1 saturated carbocycles. The molecule has 1 unspecified atom stereocenters. The fraction of sp³-hybridized carbons (Fsp3) is 0.429. The molecule has 1 aromatic carbocycles. The molecular formula is C14H14Cl2FNO3. The molecule has 0 heterocycles. The van der Waals surface area contributed by atoms with E-state index in [1.807, 2.05) is 0 Å². The summed E-state index contributed by atoms with van der Waals surface area (Å²) in [6.07, 6.45) is 0.284. The zero-order valence-electron chi connectivity index (χ0n) is 11.5. The molecule has 1 aliphatic rings. The summed E-state index contributed by atoms with van der Waals surface area (Å²) in [5, 5.41) is 2.44. The number of carbonyl (C=O) groups excluding carboxylic acids is 2. The summed E-state index contributed by atoms with van der Waals surface area (Å²) in [6, 6.07) is 4.29. The first-order valence-electron chi connectivity index (χ1n) is 6.27. The van der Waals surface area contributed by atoms with Gasteiger partial charge in [-0.2, -0.15) is 0 Å². The van der Waals surface area contributed by atoms with Crippen molar-refractivity contribution in [1.82, 2.24) is 0 Å². The Hall–Kier alpha value is -1.33. The topological polar surface area (TPSA) is 55.4 Å². The minimum atomic E-state index is -1.14. The summed E-state index contributed by atoms with van der Waals surface area (Å²) >= 11 is 11.7. The van der Waals surface area contributed by atoms with Gasteiger partial charge in [-0.3, -0.25) is 9.59 Å². The van der Waals surface area contributed by atoms with Crippen molar-refractivity contribution >= 4 is 40.8 Å². The molecule has 114 valence electrons. The summed E-state index contributed by atoms with van der Waals surface area (Å²) in [4.78, 5) is 23.4. The van der Waals surface area contributed by atoms with Crippen LogP contribution in [0.4, 0.5) is 10.1 Å². The zero-order chi connectivity index (χ0) is 15.8. The molecule has 21 heavy (non-hydrogen) atoms. The Morgan fingerprint density at radius 1 is 1.43 bits per heavy atom. The van der Waals surface area contributed by atoms with Gasteiger partial charge in [-0.1, -0.05) is 6.07 Å². The predicted molar refractivity (Wildman–Crippen MR) is 77.9 cm³/mol. The van der Waals surface area contributed by atoms with Crippen LogP contribution in [0.1, 0.15) is 18.9 Å². The quantitative estimate of drug-likeness (QED) is 0.680. The fourth-order valence-corrected chi connectivity index (χ4v) is 2.47. The Balaban J connectivity index is 1.85. The first kappa shape index (κ1) is 16.0. The van der Waals surface area contributed by atoms with E-state index in [-0.39, 0.29) is 6.42 Å². The Bertz CT molecular complexity index is 606.